The van der Waals surface area contributed by atoms with Crippen LogP contribution < -0.4 is 5.32 Å². The molecule has 1 aliphatic rings. The van der Waals surface area contributed by atoms with E-state index >= 15 is 0 Å². The third kappa shape index (κ3) is 5.41. The highest BCUT2D eigenvalue weighted by molar-refractivity contribution is 6.05. The number of hydrogen-bond acceptors (Lipinski definition) is 4. The van der Waals surface area contributed by atoms with E-state index in [0.29, 0.717) is 11.3 Å². The van der Waals surface area contributed by atoms with Crippen molar-refractivity contribution in [2.75, 3.05) is 12.4 Å². The van der Waals surface area contributed by atoms with Gasteiger partial charge in [-0.3, -0.25) is 14.4 Å². The van der Waals surface area contributed by atoms with Crippen molar-refractivity contribution in [2.24, 2.45) is 7.05 Å². The van der Waals surface area contributed by atoms with Crippen LogP contribution in [0.2, 0.25) is 0 Å². The highest BCUT2D eigenvalue weighted by atomic mass is 16.3. The predicted molar refractivity (Wildman–Crippen MR) is 131 cm³/mol. The van der Waals surface area contributed by atoms with E-state index < -0.39 is 0 Å². The Hall–Kier alpha value is -3.64. The van der Waals surface area contributed by atoms with Crippen molar-refractivity contribution in [3.05, 3.63) is 101 Å². The predicted octanol–water partition coefficient (Wildman–Crippen LogP) is 4.78. The van der Waals surface area contributed by atoms with Gasteiger partial charge >= 0.3 is 0 Å². The summed E-state index contributed by atoms with van der Waals surface area (Å²) in [6.07, 6.45) is 13.1. The van der Waals surface area contributed by atoms with Crippen LogP contribution in [0.1, 0.15) is 40.4 Å². The number of anilines is 1. The molecule has 1 unspecified atom stereocenters. The number of rotatable bonds is 7. The number of amides is 1. The summed E-state index contributed by atoms with van der Waals surface area (Å²) < 4.78 is 1.80. The Bertz CT molecular complexity index is 1190. The van der Waals surface area contributed by atoms with Gasteiger partial charge in [-0.25, -0.2) is 0 Å². The molecule has 1 amide bonds. The third-order valence-corrected chi connectivity index (χ3v) is 6.04. The van der Waals surface area contributed by atoms with Gasteiger partial charge in [-0.2, -0.15) is 5.10 Å². The molecule has 0 saturated carbocycles. The van der Waals surface area contributed by atoms with Gasteiger partial charge in [-0.1, -0.05) is 49.4 Å². The summed E-state index contributed by atoms with van der Waals surface area (Å²) in [6, 6.07) is 13.0. The van der Waals surface area contributed by atoms with Crippen molar-refractivity contribution < 1.29 is 9.90 Å². The van der Waals surface area contributed by atoms with Gasteiger partial charge in [-0.05, 0) is 48.9 Å². The molecule has 0 bridgehead atoms. The van der Waals surface area contributed by atoms with Gasteiger partial charge in [0.05, 0.1) is 11.9 Å². The molecule has 33 heavy (non-hydrogen) atoms. The Balaban J connectivity index is 1.41. The second-order valence-corrected chi connectivity index (χ2v) is 8.99. The van der Waals surface area contributed by atoms with E-state index in [1.165, 1.54) is 0 Å². The van der Waals surface area contributed by atoms with Gasteiger partial charge in [0.2, 0.25) is 0 Å². The summed E-state index contributed by atoms with van der Waals surface area (Å²) in [5.74, 6) is -0.193. The van der Waals surface area contributed by atoms with E-state index in [-0.39, 0.29) is 17.1 Å². The molecule has 1 heterocycles. The van der Waals surface area contributed by atoms with E-state index in [1.807, 2.05) is 68.0 Å². The van der Waals surface area contributed by atoms with Crippen LogP contribution in [0.4, 0.5) is 5.69 Å². The number of nitrogens with one attached hydrogen (secondary N) is 1. The number of carbonyl (C=O) groups excluding carboxylic acids is 1. The van der Waals surface area contributed by atoms with Crippen LogP contribution in [-0.4, -0.2) is 32.7 Å². The fourth-order valence-corrected chi connectivity index (χ4v) is 4.12. The van der Waals surface area contributed by atoms with Gasteiger partial charge in [0.1, 0.15) is 5.75 Å². The van der Waals surface area contributed by atoms with Gasteiger partial charge in [0.25, 0.3) is 5.91 Å². The zero-order valence-corrected chi connectivity index (χ0v) is 19.3. The lowest BCUT2D eigenvalue weighted by Gasteiger charge is -2.27. The van der Waals surface area contributed by atoms with E-state index in [2.05, 4.69) is 41.4 Å². The van der Waals surface area contributed by atoms with Crippen molar-refractivity contribution in [1.82, 2.24) is 14.7 Å². The third-order valence-electron chi connectivity index (χ3n) is 6.04. The number of carbonyl (C=O) groups is 1. The van der Waals surface area contributed by atoms with Crippen molar-refractivity contribution >= 4 is 11.6 Å². The Morgan fingerprint density at radius 2 is 1.91 bits per heavy atom. The van der Waals surface area contributed by atoms with Crippen molar-refractivity contribution in [3.63, 3.8) is 0 Å². The normalized spacial score (nSPS) is 17.5. The maximum absolute atomic E-state index is 12.8. The lowest BCUT2D eigenvalue weighted by Crippen LogP contribution is -2.20. The molecule has 2 N–H and O–H groups in total. The molecule has 0 aliphatic heterocycles. The average Bonchev–Trinajstić information content (AvgIpc) is 3.20. The van der Waals surface area contributed by atoms with Crippen LogP contribution in [0.3, 0.4) is 0 Å². The van der Waals surface area contributed by atoms with E-state index in [0.717, 1.165) is 36.2 Å². The Kier molecular flexibility index (Phi) is 6.47. The number of allylic oxidation sites excluding steroid dienone is 4. The van der Waals surface area contributed by atoms with Crippen LogP contribution in [0.25, 0.3) is 0 Å². The van der Waals surface area contributed by atoms with Gasteiger partial charge in [-0.15, -0.1) is 0 Å². The number of phenolic OH excluding ortho intramolecular Hbond substituents is 1. The minimum absolute atomic E-state index is 0.0553. The highest BCUT2D eigenvalue weighted by Crippen LogP contribution is 2.36. The fourth-order valence-electron chi connectivity index (χ4n) is 4.12. The molecule has 0 fully saturated rings. The molecule has 2 aromatic carbocycles. The number of benzene rings is 2. The molecular formula is C27H30N4O2. The fraction of sp³-hybridized carbons (Fsp3) is 0.259. The number of aromatic hydroxyl groups is 1. The monoisotopic (exact) mass is 442 g/mol. The Labute approximate surface area is 194 Å². The summed E-state index contributed by atoms with van der Waals surface area (Å²) in [5.41, 5.74) is 4.13. The first-order chi connectivity index (χ1) is 15.8. The van der Waals surface area contributed by atoms with Gasteiger partial charge < -0.3 is 10.4 Å². The average molecular weight is 443 g/mol. The maximum Gasteiger partial charge on any atom is 0.255 e. The second-order valence-electron chi connectivity index (χ2n) is 8.99. The molecule has 3 aromatic rings. The number of aryl methyl sites for hydroxylation is 1. The molecule has 1 aromatic heterocycles. The van der Waals surface area contributed by atoms with E-state index in [1.54, 1.807) is 10.7 Å². The lowest BCUT2D eigenvalue weighted by molar-refractivity contribution is 0.102. The number of aromatic nitrogens is 2. The van der Waals surface area contributed by atoms with Crippen molar-refractivity contribution in [2.45, 2.75) is 31.8 Å². The molecule has 4 rings (SSSR count). The molecule has 6 heteroatoms. The number of nitrogens with zero attached hydrogens (tertiary/aromatic N) is 3. The summed E-state index contributed by atoms with van der Waals surface area (Å²) >= 11 is 0. The first-order valence-corrected chi connectivity index (χ1v) is 11.1. The molecule has 1 aliphatic carbocycles. The van der Waals surface area contributed by atoms with Crippen LogP contribution in [0.15, 0.2) is 79.2 Å². The molecule has 0 radical (unpaired) electrons. The summed E-state index contributed by atoms with van der Waals surface area (Å²) in [4.78, 5) is 15.0. The van der Waals surface area contributed by atoms with Crippen LogP contribution in [0.5, 0.6) is 5.75 Å². The topological polar surface area (TPSA) is 70.4 Å². The molecular weight excluding hydrogens is 412 g/mol. The minimum Gasteiger partial charge on any atom is -0.506 e. The molecule has 1 atom stereocenters. The van der Waals surface area contributed by atoms with Crippen LogP contribution >= 0.6 is 0 Å². The van der Waals surface area contributed by atoms with E-state index in [9.17, 15) is 9.90 Å². The molecule has 0 saturated heterocycles. The van der Waals surface area contributed by atoms with Gasteiger partial charge in [0.15, 0.2) is 0 Å². The summed E-state index contributed by atoms with van der Waals surface area (Å²) in [6.45, 7) is 3.71. The van der Waals surface area contributed by atoms with Crippen LogP contribution in [-0.2, 0) is 25.6 Å². The zero-order valence-electron chi connectivity index (χ0n) is 19.3. The SMILES string of the molecule is CN(Cc1ccc(C(=O)Nc2cc(C3(C)C=CC=CC3)ccc2O)cc1)Cc1cnn(C)c1. The lowest BCUT2D eigenvalue weighted by atomic mass is 9.77. The number of hydrogen-bond donors (Lipinski definition) is 2. The quantitative estimate of drug-likeness (QED) is 0.517. The number of phenols is 1. The Morgan fingerprint density at radius 1 is 1.15 bits per heavy atom. The van der Waals surface area contributed by atoms with Gasteiger partial charge in [0, 0.05) is 42.9 Å². The smallest absolute Gasteiger partial charge is 0.255 e. The summed E-state index contributed by atoms with van der Waals surface area (Å²) in [7, 11) is 3.97. The summed E-state index contributed by atoms with van der Waals surface area (Å²) in [5, 5.41) is 17.4. The van der Waals surface area contributed by atoms with Crippen LogP contribution in [0, 0.1) is 0 Å². The zero-order chi connectivity index (χ0) is 23.4. The highest BCUT2D eigenvalue weighted by Gasteiger charge is 2.24. The first kappa shape index (κ1) is 22.6. The maximum atomic E-state index is 12.8. The molecule has 0 spiro atoms. The minimum atomic E-state index is -0.248. The first-order valence-electron chi connectivity index (χ1n) is 11.1. The molecule has 6 nitrogen and oxygen atoms in total. The van der Waals surface area contributed by atoms with Crippen molar-refractivity contribution in [1.29, 1.82) is 0 Å². The standard InChI is InChI=1S/C27H30N4O2/c1-27(13-5-4-6-14-27)23-11-12-25(32)24(15-23)29-26(33)22-9-7-20(8-10-22)17-30(2)18-21-16-28-31(3)19-21/h4-13,15-16,19,32H,14,17-18H2,1-3H3,(H,29,33). The van der Waals surface area contributed by atoms with Crippen molar-refractivity contribution in [3.8, 4) is 5.75 Å². The largest absolute Gasteiger partial charge is 0.506 e. The van der Waals surface area contributed by atoms with E-state index in [4.69, 9.17) is 0 Å². The molecule has 170 valence electrons. The Morgan fingerprint density at radius 3 is 2.58 bits per heavy atom. The second kappa shape index (κ2) is 9.46.